The van der Waals surface area contributed by atoms with Crippen molar-refractivity contribution in [3.05, 3.63) is 29.8 Å². The van der Waals surface area contributed by atoms with Gasteiger partial charge in [0.15, 0.2) is 5.96 Å². The Kier molecular flexibility index (Phi) is 10.2. The zero-order valence-electron chi connectivity index (χ0n) is 15.6. The van der Waals surface area contributed by atoms with Gasteiger partial charge in [0.05, 0.1) is 18.8 Å². The molecule has 0 amide bonds. The van der Waals surface area contributed by atoms with Crippen LogP contribution in [0.4, 0.5) is 0 Å². The Morgan fingerprint density at radius 2 is 2.16 bits per heavy atom. The lowest BCUT2D eigenvalue weighted by Crippen LogP contribution is -2.45. The van der Waals surface area contributed by atoms with Crippen LogP contribution in [-0.2, 0) is 11.3 Å². The standard InChI is InChI=1S/C19H31N3O2.HI/c1-4-11-23-17-9-6-8-16(13-17)14-21-18(20-5-2)22-15-19(3)10-7-12-24-19;/h6,8-9,13H,4-5,7,10-12,14-15H2,1-3H3,(H2,20,21,22);1H. The first kappa shape index (κ1) is 22.0. The summed E-state index contributed by atoms with van der Waals surface area (Å²) in [5.41, 5.74) is 1.06. The maximum atomic E-state index is 5.82. The van der Waals surface area contributed by atoms with E-state index >= 15 is 0 Å². The van der Waals surface area contributed by atoms with E-state index in [-0.39, 0.29) is 29.6 Å². The van der Waals surface area contributed by atoms with Crippen molar-refractivity contribution in [1.82, 2.24) is 10.6 Å². The molecule has 0 aliphatic carbocycles. The first-order chi connectivity index (χ1) is 11.6. The molecule has 0 spiro atoms. The lowest BCUT2D eigenvalue weighted by atomic mass is 10.0. The fourth-order valence-electron chi connectivity index (χ4n) is 2.71. The summed E-state index contributed by atoms with van der Waals surface area (Å²) >= 11 is 0. The van der Waals surface area contributed by atoms with Gasteiger partial charge in [-0.25, -0.2) is 4.99 Å². The van der Waals surface area contributed by atoms with E-state index in [0.29, 0.717) is 6.54 Å². The van der Waals surface area contributed by atoms with Gasteiger partial charge in [0, 0.05) is 19.7 Å². The topological polar surface area (TPSA) is 54.9 Å². The molecule has 1 fully saturated rings. The maximum Gasteiger partial charge on any atom is 0.191 e. The summed E-state index contributed by atoms with van der Waals surface area (Å²) in [7, 11) is 0. The average molecular weight is 461 g/mol. The number of guanidine groups is 1. The van der Waals surface area contributed by atoms with Crippen molar-refractivity contribution in [2.24, 2.45) is 4.99 Å². The third-order valence-electron chi connectivity index (χ3n) is 4.07. The molecule has 0 radical (unpaired) electrons. The fourth-order valence-corrected chi connectivity index (χ4v) is 2.71. The van der Waals surface area contributed by atoms with Crippen molar-refractivity contribution in [2.75, 3.05) is 26.3 Å². The molecule has 25 heavy (non-hydrogen) atoms. The van der Waals surface area contributed by atoms with Crippen LogP contribution in [0.15, 0.2) is 29.3 Å². The summed E-state index contributed by atoms with van der Waals surface area (Å²) in [5.74, 6) is 1.74. The summed E-state index contributed by atoms with van der Waals surface area (Å²) in [6.07, 6.45) is 3.24. The summed E-state index contributed by atoms with van der Waals surface area (Å²) in [6.45, 7) is 10.2. The number of ether oxygens (including phenoxy) is 2. The molecular weight excluding hydrogens is 429 g/mol. The van der Waals surface area contributed by atoms with Gasteiger partial charge in [0.2, 0.25) is 0 Å². The third-order valence-corrected chi connectivity index (χ3v) is 4.07. The lowest BCUT2D eigenvalue weighted by Gasteiger charge is -2.24. The van der Waals surface area contributed by atoms with Crippen LogP contribution < -0.4 is 15.4 Å². The van der Waals surface area contributed by atoms with Crippen molar-refractivity contribution < 1.29 is 9.47 Å². The van der Waals surface area contributed by atoms with Crippen LogP contribution in [0.5, 0.6) is 5.75 Å². The van der Waals surface area contributed by atoms with E-state index in [1.807, 2.05) is 12.1 Å². The molecule has 0 aromatic heterocycles. The number of benzene rings is 1. The van der Waals surface area contributed by atoms with Gasteiger partial charge in [0.25, 0.3) is 0 Å². The molecule has 1 unspecified atom stereocenters. The molecule has 0 saturated carbocycles. The Labute approximate surface area is 169 Å². The summed E-state index contributed by atoms with van der Waals surface area (Å²) in [5, 5.41) is 6.70. The number of aliphatic imine (C=N–C) groups is 1. The minimum absolute atomic E-state index is 0. The highest BCUT2D eigenvalue weighted by atomic mass is 127. The molecule has 1 aliphatic heterocycles. The second-order valence-electron chi connectivity index (χ2n) is 6.45. The molecule has 5 nitrogen and oxygen atoms in total. The lowest BCUT2D eigenvalue weighted by molar-refractivity contribution is 0.0243. The van der Waals surface area contributed by atoms with Gasteiger partial charge in [-0.2, -0.15) is 0 Å². The van der Waals surface area contributed by atoms with Gasteiger partial charge in [-0.3, -0.25) is 0 Å². The molecular formula is C19H32IN3O2. The summed E-state index contributed by atoms with van der Waals surface area (Å²) < 4.78 is 11.5. The molecule has 1 aromatic carbocycles. The SMILES string of the molecule is CCCOc1cccc(CN=C(NCC)NCC2(C)CCCO2)c1.I. The van der Waals surface area contributed by atoms with E-state index in [2.05, 4.69) is 48.5 Å². The molecule has 0 bridgehead atoms. The number of nitrogens with zero attached hydrogens (tertiary/aromatic N) is 1. The Bertz CT molecular complexity index is 531. The molecule has 1 aromatic rings. The Hall–Kier alpha value is -1.02. The molecule has 2 rings (SSSR count). The van der Waals surface area contributed by atoms with Crippen LogP contribution >= 0.6 is 24.0 Å². The minimum atomic E-state index is -0.0793. The van der Waals surface area contributed by atoms with E-state index in [1.165, 1.54) is 0 Å². The maximum absolute atomic E-state index is 5.82. The quantitative estimate of drug-likeness (QED) is 0.352. The van der Waals surface area contributed by atoms with Gasteiger partial charge in [-0.1, -0.05) is 19.1 Å². The van der Waals surface area contributed by atoms with E-state index < -0.39 is 0 Å². The molecule has 6 heteroatoms. The minimum Gasteiger partial charge on any atom is -0.494 e. The van der Waals surface area contributed by atoms with Crippen LogP contribution in [-0.4, -0.2) is 37.9 Å². The van der Waals surface area contributed by atoms with Crippen molar-refractivity contribution in [1.29, 1.82) is 0 Å². The van der Waals surface area contributed by atoms with Gasteiger partial charge in [0.1, 0.15) is 5.75 Å². The Morgan fingerprint density at radius 1 is 1.32 bits per heavy atom. The third kappa shape index (κ3) is 7.81. The van der Waals surface area contributed by atoms with Gasteiger partial charge >= 0.3 is 0 Å². The molecule has 1 atom stereocenters. The molecule has 1 heterocycles. The van der Waals surface area contributed by atoms with Crippen molar-refractivity contribution in [3.8, 4) is 5.75 Å². The number of rotatable bonds is 8. The number of nitrogens with one attached hydrogen (secondary N) is 2. The smallest absolute Gasteiger partial charge is 0.191 e. The number of hydrogen-bond donors (Lipinski definition) is 2. The van der Waals surface area contributed by atoms with E-state index in [1.54, 1.807) is 0 Å². The number of hydrogen-bond acceptors (Lipinski definition) is 3. The predicted octanol–water partition coefficient (Wildman–Crippen LogP) is 3.72. The normalized spacial score (nSPS) is 20.0. The molecule has 1 saturated heterocycles. The Balaban J connectivity index is 0.00000312. The fraction of sp³-hybridized carbons (Fsp3) is 0.632. The highest BCUT2D eigenvalue weighted by Crippen LogP contribution is 2.23. The molecule has 142 valence electrons. The second kappa shape index (κ2) is 11.6. The highest BCUT2D eigenvalue weighted by Gasteiger charge is 2.29. The van der Waals surface area contributed by atoms with E-state index in [4.69, 9.17) is 9.47 Å². The largest absolute Gasteiger partial charge is 0.494 e. The van der Waals surface area contributed by atoms with Crippen LogP contribution in [0.1, 0.15) is 45.6 Å². The summed E-state index contributed by atoms with van der Waals surface area (Å²) in [6, 6.07) is 8.14. The van der Waals surface area contributed by atoms with Crippen LogP contribution in [0.2, 0.25) is 0 Å². The monoisotopic (exact) mass is 461 g/mol. The van der Waals surface area contributed by atoms with Gasteiger partial charge in [-0.15, -0.1) is 24.0 Å². The predicted molar refractivity (Wildman–Crippen MR) is 114 cm³/mol. The van der Waals surface area contributed by atoms with Crippen molar-refractivity contribution in [3.63, 3.8) is 0 Å². The average Bonchev–Trinajstić information content (AvgIpc) is 3.03. The van der Waals surface area contributed by atoms with Gasteiger partial charge in [-0.05, 0) is 50.8 Å². The van der Waals surface area contributed by atoms with E-state index in [9.17, 15) is 0 Å². The molecule has 2 N–H and O–H groups in total. The van der Waals surface area contributed by atoms with Crippen molar-refractivity contribution in [2.45, 2.75) is 52.2 Å². The first-order valence-electron chi connectivity index (χ1n) is 9.03. The zero-order chi connectivity index (χ0) is 17.3. The Morgan fingerprint density at radius 3 is 2.84 bits per heavy atom. The van der Waals surface area contributed by atoms with E-state index in [0.717, 1.165) is 62.8 Å². The summed E-state index contributed by atoms with van der Waals surface area (Å²) in [4.78, 5) is 4.68. The van der Waals surface area contributed by atoms with Crippen LogP contribution in [0.3, 0.4) is 0 Å². The zero-order valence-corrected chi connectivity index (χ0v) is 18.0. The highest BCUT2D eigenvalue weighted by molar-refractivity contribution is 14.0. The van der Waals surface area contributed by atoms with Crippen LogP contribution in [0.25, 0.3) is 0 Å². The van der Waals surface area contributed by atoms with Crippen LogP contribution in [0, 0.1) is 0 Å². The second-order valence-corrected chi connectivity index (χ2v) is 6.45. The molecule has 1 aliphatic rings. The van der Waals surface area contributed by atoms with Crippen molar-refractivity contribution >= 4 is 29.9 Å². The first-order valence-corrected chi connectivity index (χ1v) is 9.03. The number of halogens is 1. The van der Waals surface area contributed by atoms with Gasteiger partial charge < -0.3 is 20.1 Å².